The van der Waals surface area contributed by atoms with Crippen LogP contribution in [-0.2, 0) is 0 Å². The van der Waals surface area contributed by atoms with Crippen LogP contribution in [-0.4, -0.2) is 5.97 Å². The van der Waals surface area contributed by atoms with E-state index < -0.39 is 5.97 Å². The van der Waals surface area contributed by atoms with Crippen LogP contribution in [0.3, 0.4) is 0 Å². The minimum atomic E-state index is -1.15. The van der Waals surface area contributed by atoms with Gasteiger partial charge < -0.3 is 14.6 Å². The number of carboxylic acid groups (broad SMARTS) is 1. The van der Waals surface area contributed by atoms with E-state index in [1.807, 2.05) is 54.6 Å². The van der Waals surface area contributed by atoms with Gasteiger partial charge >= 0.3 is 29.6 Å². The summed E-state index contributed by atoms with van der Waals surface area (Å²) < 4.78 is 6.13. The van der Waals surface area contributed by atoms with E-state index in [2.05, 4.69) is 0 Å². The van der Waals surface area contributed by atoms with E-state index in [0.717, 1.165) is 27.3 Å². The Bertz CT molecular complexity index is 858. The molecule has 2 heterocycles. The number of thiophene rings is 1. The summed E-state index contributed by atoms with van der Waals surface area (Å²) in [6.45, 7) is 0. The SMILES string of the molecule is O=C([O-])c1cc2c(s1)-c1ccccc1OC2c1ccccc1.[Na+]. The molecule has 0 bridgehead atoms. The number of hydrogen-bond donors (Lipinski definition) is 0. The molecule has 5 heteroatoms. The molecule has 0 radical (unpaired) electrons. The summed E-state index contributed by atoms with van der Waals surface area (Å²) >= 11 is 1.24. The van der Waals surface area contributed by atoms with Crippen molar-refractivity contribution in [2.75, 3.05) is 0 Å². The molecule has 1 aromatic heterocycles. The van der Waals surface area contributed by atoms with Gasteiger partial charge in [0.05, 0.1) is 10.8 Å². The number of rotatable bonds is 2. The van der Waals surface area contributed by atoms with Crippen LogP contribution in [0, 0.1) is 0 Å². The number of fused-ring (bicyclic) bond motifs is 3. The second-order valence-corrected chi connectivity index (χ2v) is 6.14. The number of ether oxygens (including phenoxy) is 1. The van der Waals surface area contributed by atoms with Crippen LogP contribution >= 0.6 is 11.3 Å². The fourth-order valence-corrected chi connectivity index (χ4v) is 3.79. The fourth-order valence-electron chi connectivity index (χ4n) is 2.73. The van der Waals surface area contributed by atoms with Gasteiger partial charge in [-0.1, -0.05) is 42.5 Å². The first-order valence-electron chi connectivity index (χ1n) is 6.90. The fraction of sp³-hybridized carbons (Fsp3) is 0.0556. The van der Waals surface area contributed by atoms with E-state index >= 15 is 0 Å². The molecule has 2 aromatic carbocycles. The first kappa shape index (κ1) is 16.3. The van der Waals surface area contributed by atoms with Gasteiger partial charge in [0.15, 0.2) is 6.10 Å². The predicted molar refractivity (Wildman–Crippen MR) is 83.0 cm³/mol. The van der Waals surface area contributed by atoms with Crippen molar-refractivity contribution in [1.29, 1.82) is 0 Å². The van der Waals surface area contributed by atoms with Gasteiger partial charge in [-0.05, 0) is 23.8 Å². The van der Waals surface area contributed by atoms with Crippen molar-refractivity contribution in [2.45, 2.75) is 6.10 Å². The van der Waals surface area contributed by atoms with Crippen molar-refractivity contribution in [1.82, 2.24) is 0 Å². The molecule has 0 amide bonds. The molecule has 0 fully saturated rings. The van der Waals surface area contributed by atoms with E-state index in [1.165, 1.54) is 11.3 Å². The largest absolute Gasteiger partial charge is 1.00 e. The maximum atomic E-state index is 11.2. The van der Waals surface area contributed by atoms with Crippen molar-refractivity contribution >= 4 is 17.3 Å². The van der Waals surface area contributed by atoms with Gasteiger partial charge in [-0.15, -0.1) is 11.3 Å². The quantitative estimate of drug-likeness (QED) is 0.634. The molecule has 1 aliphatic heterocycles. The molecule has 3 aromatic rings. The minimum Gasteiger partial charge on any atom is -0.544 e. The first-order valence-corrected chi connectivity index (χ1v) is 7.72. The second kappa shape index (κ2) is 6.49. The molecule has 0 saturated heterocycles. The van der Waals surface area contributed by atoms with Gasteiger partial charge in [0.25, 0.3) is 0 Å². The molecular weight excluding hydrogens is 319 g/mol. The summed E-state index contributed by atoms with van der Waals surface area (Å²) in [6.07, 6.45) is -0.296. The number of hydrogen-bond acceptors (Lipinski definition) is 4. The molecule has 0 saturated carbocycles. The number of aromatic carboxylic acids is 1. The Balaban J connectivity index is 0.00000156. The molecule has 3 nitrogen and oxygen atoms in total. The summed E-state index contributed by atoms with van der Waals surface area (Å²) in [7, 11) is 0. The van der Waals surface area contributed by atoms with Gasteiger partial charge in [0.1, 0.15) is 5.75 Å². The topological polar surface area (TPSA) is 49.4 Å². The summed E-state index contributed by atoms with van der Waals surface area (Å²) in [6, 6.07) is 19.2. The maximum Gasteiger partial charge on any atom is 1.00 e. The molecule has 23 heavy (non-hydrogen) atoms. The Morgan fingerprint density at radius 3 is 2.48 bits per heavy atom. The zero-order valence-electron chi connectivity index (χ0n) is 12.5. The van der Waals surface area contributed by atoms with Crippen LogP contribution in [0.1, 0.15) is 26.9 Å². The normalized spacial score (nSPS) is 14.9. The third-order valence-corrected chi connectivity index (χ3v) is 4.89. The summed E-state index contributed by atoms with van der Waals surface area (Å²) in [5, 5.41) is 11.2. The van der Waals surface area contributed by atoms with E-state index in [-0.39, 0.29) is 40.5 Å². The Morgan fingerprint density at radius 2 is 1.74 bits per heavy atom. The van der Waals surface area contributed by atoms with E-state index in [0.29, 0.717) is 0 Å². The van der Waals surface area contributed by atoms with E-state index in [1.54, 1.807) is 6.07 Å². The van der Waals surface area contributed by atoms with Crippen molar-refractivity contribution in [3.05, 3.63) is 76.7 Å². The number of carbonyl (C=O) groups excluding carboxylic acids is 1. The average molecular weight is 330 g/mol. The zero-order valence-corrected chi connectivity index (χ0v) is 15.3. The molecule has 1 atom stereocenters. The van der Waals surface area contributed by atoms with Crippen LogP contribution in [0.2, 0.25) is 0 Å². The van der Waals surface area contributed by atoms with Gasteiger partial charge in [0, 0.05) is 16.0 Å². The predicted octanol–water partition coefficient (Wildman–Crippen LogP) is 0.264. The maximum absolute atomic E-state index is 11.2. The third kappa shape index (κ3) is 2.83. The molecule has 1 unspecified atom stereocenters. The van der Waals surface area contributed by atoms with Crippen LogP contribution in [0.5, 0.6) is 5.75 Å². The number of para-hydroxylation sites is 1. The number of benzene rings is 2. The smallest absolute Gasteiger partial charge is 0.544 e. The van der Waals surface area contributed by atoms with E-state index in [4.69, 9.17) is 4.74 Å². The first-order chi connectivity index (χ1) is 10.7. The van der Waals surface area contributed by atoms with Crippen molar-refractivity contribution in [3.63, 3.8) is 0 Å². The number of carboxylic acids is 1. The van der Waals surface area contributed by atoms with Crippen LogP contribution in [0.25, 0.3) is 10.4 Å². The van der Waals surface area contributed by atoms with Gasteiger partial charge in [-0.3, -0.25) is 0 Å². The third-order valence-electron chi connectivity index (χ3n) is 3.72. The molecule has 0 N–H and O–H groups in total. The molecular formula is C18H11NaO3S. The average Bonchev–Trinajstić information content (AvgIpc) is 3.01. The Morgan fingerprint density at radius 1 is 1.04 bits per heavy atom. The monoisotopic (exact) mass is 330 g/mol. The molecule has 4 rings (SSSR count). The molecule has 0 spiro atoms. The van der Waals surface area contributed by atoms with Crippen molar-refractivity contribution < 1.29 is 44.2 Å². The Labute approximate surface area is 159 Å². The van der Waals surface area contributed by atoms with Gasteiger partial charge in [-0.25, -0.2) is 0 Å². The molecule has 0 aliphatic carbocycles. The van der Waals surface area contributed by atoms with Crippen molar-refractivity contribution in [3.8, 4) is 16.2 Å². The van der Waals surface area contributed by atoms with E-state index in [9.17, 15) is 9.90 Å². The Hall–Kier alpha value is -1.59. The van der Waals surface area contributed by atoms with Crippen LogP contribution in [0.15, 0.2) is 60.7 Å². The van der Waals surface area contributed by atoms with Crippen LogP contribution < -0.4 is 39.4 Å². The van der Waals surface area contributed by atoms with Gasteiger partial charge in [-0.2, -0.15) is 0 Å². The van der Waals surface area contributed by atoms with Gasteiger partial charge in [0.2, 0.25) is 0 Å². The minimum absolute atomic E-state index is 0. The Kier molecular flexibility index (Phi) is 4.60. The summed E-state index contributed by atoms with van der Waals surface area (Å²) in [5.41, 5.74) is 2.82. The molecule has 1 aliphatic rings. The van der Waals surface area contributed by atoms with Crippen LogP contribution in [0.4, 0.5) is 0 Å². The molecule has 108 valence electrons. The number of carbonyl (C=O) groups is 1. The summed E-state index contributed by atoms with van der Waals surface area (Å²) in [5.74, 6) is -0.376. The summed E-state index contributed by atoms with van der Waals surface area (Å²) in [4.78, 5) is 12.4. The zero-order chi connectivity index (χ0) is 15.1. The standard InChI is InChI=1S/C18H12O3S.Na/c19-18(20)15-10-13-16(11-6-2-1-3-7-11)21-14-9-5-4-8-12(14)17(13)22-15;/h1-10,16H,(H,19,20);/q;+1/p-1. The van der Waals surface area contributed by atoms with Crippen molar-refractivity contribution in [2.24, 2.45) is 0 Å². The second-order valence-electron chi connectivity index (χ2n) is 5.09.